The minimum atomic E-state index is -0.829. The molecule has 0 aromatic rings. The highest BCUT2D eigenvalue weighted by Crippen LogP contribution is 2.22. The van der Waals surface area contributed by atoms with Crippen LogP contribution in [0.25, 0.3) is 0 Å². The summed E-state index contributed by atoms with van der Waals surface area (Å²) in [6.45, 7) is 8.53. The van der Waals surface area contributed by atoms with Gasteiger partial charge in [-0.1, -0.05) is 20.8 Å². The summed E-state index contributed by atoms with van der Waals surface area (Å²) >= 11 is 0. The van der Waals surface area contributed by atoms with Gasteiger partial charge in [0.1, 0.15) is 0 Å². The van der Waals surface area contributed by atoms with Crippen LogP contribution in [-0.4, -0.2) is 58.9 Å². The summed E-state index contributed by atoms with van der Waals surface area (Å²) in [5.41, 5.74) is 0. The summed E-state index contributed by atoms with van der Waals surface area (Å²) in [5.74, 6) is -1.01. The van der Waals surface area contributed by atoms with Gasteiger partial charge < -0.3 is 14.9 Å². The molecule has 6 nitrogen and oxygen atoms in total. The Balaban J connectivity index is 2.42. The van der Waals surface area contributed by atoms with E-state index in [0.717, 1.165) is 25.9 Å². The first-order valence-electron chi connectivity index (χ1n) is 9.17. The summed E-state index contributed by atoms with van der Waals surface area (Å²) < 4.78 is 0. The number of carboxylic acids is 1. The van der Waals surface area contributed by atoms with Crippen LogP contribution < -0.4 is 0 Å². The fraction of sp³-hybridized carbons (Fsp3) is 0.833. The third kappa shape index (κ3) is 6.49. The summed E-state index contributed by atoms with van der Waals surface area (Å²) in [5, 5.41) is 9.18. The van der Waals surface area contributed by atoms with Crippen molar-refractivity contribution in [3.05, 3.63) is 0 Å². The van der Waals surface area contributed by atoms with Crippen LogP contribution in [0.2, 0.25) is 0 Å². The number of rotatable bonds is 9. The number of piperidine rings is 1. The minimum absolute atomic E-state index is 0.0295. The quantitative estimate of drug-likeness (QED) is 0.699. The monoisotopic (exact) mass is 340 g/mol. The Morgan fingerprint density at radius 3 is 2.25 bits per heavy atom. The van der Waals surface area contributed by atoms with Crippen LogP contribution in [0.15, 0.2) is 0 Å². The Bertz CT molecular complexity index is 433. The molecule has 2 atom stereocenters. The molecular formula is C18H32N2O4. The van der Waals surface area contributed by atoms with Crippen molar-refractivity contribution in [3.8, 4) is 0 Å². The van der Waals surface area contributed by atoms with E-state index < -0.39 is 11.9 Å². The van der Waals surface area contributed by atoms with Gasteiger partial charge in [-0.2, -0.15) is 0 Å². The second-order valence-electron chi connectivity index (χ2n) is 6.91. The molecule has 0 spiro atoms. The van der Waals surface area contributed by atoms with Crippen molar-refractivity contribution in [2.24, 2.45) is 11.8 Å². The summed E-state index contributed by atoms with van der Waals surface area (Å²) in [4.78, 5) is 39.2. The number of amides is 2. The second-order valence-corrected chi connectivity index (χ2v) is 6.91. The van der Waals surface area contributed by atoms with Gasteiger partial charge in [-0.15, -0.1) is 0 Å². The Hall–Kier alpha value is -1.59. The number of carboxylic acid groups (broad SMARTS) is 1. The van der Waals surface area contributed by atoms with E-state index >= 15 is 0 Å². The number of likely N-dealkylation sites (tertiary alicyclic amines) is 1. The standard InChI is InChI=1S/C18H32N2O4/c1-4-9-19(10-5-2)16(21)7-6-8-17(22)20-12-14(3)11-15(13-20)18(23)24/h14-15H,4-13H2,1-3H3,(H,23,24). The Kier molecular flexibility index (Phi) is 8.79. The lowest BCUT2D eigenvalue weighted by molar-refractivity contribution is -0.146. The lowest BCUT2D eigenvalue weighted by atomic mass is 9.90. The second kappa shape index (κ2) is 10.3. The van der Waals surface area contributed by atoms with E-state index in [1.165, 1.54) is 0 Å². The van der Waals surface area contributed by atoms with Crippen molar-refractivity contribution < 1.29 is 19.5 Å². The smallest absolute Gasteiger partial charge is 0.308 e. The molecule has 0 bridgehead atoms. The molecule has 0 aliphatic carbocycles. The molecule has 1 N–H and O–H groups in total. The lowest BCUT2D eigenvalue weighted by Crippen LogP contribution is -2.45. The normalized spacial score (nSPS) is 20.7. The average molecular weight is 340 g/mol. The molecule has 0 radical (unpaired) electrons. The number of aliphatic carboxylic acids is 1. The molecule has 1 heterocycles. The number of hydrogen-bond donors (Lipinski definition) is 1. The molecule has 1 aliphatic heterocycles. The molecule has 0 aromatic heterocycles. The van der Waals surface area contributed by atoms with Gasteiger partial charge in [-0.3, -0.25) is 14.4 Å². The van der Waals surface area contributed by atoms with Gasteiger partial charge >= 0.3 is 5.97 Å². The minimum Gasteiger partial charge on any atom is -0.481 e. The van der Waals surface area contributed by atoms with Crippen molar-refractivity contribution in [1.82, 2.24) is 9.80 Å². The molecule has 1 fully saturated rings. The molecule has 2 unspecified atom stereocenters. The molecule has 0 saturated carbocycles. The van der Waals surface area contributed by atoms with Crippen molar-refractivity contribution in [3.63, 3.8) is 0 Å². The van der Waals surface area contributed by atoms with Gasteiger partial charge in [-0.05, 0) is 31.6 Å². The van der Waals surface area contributed by atoms with Gasteiger partial charge in [0, 0.05) is 39.0 Å². The number of carbonyl (C=O) groups excluding carboxylic acids is 2. The SMILES string of the molecule is CCCN(CCC)C(=O)CCCC(=O)N1CC(C)CC(C(=O)O)C1. The van der Waals surface area contributed by atoms with Crippen molar-refractivity contribution in [2.45, 2.75) is 59.3 Å². The van der Waals surface area contributed by atoms with Gasteiger partial charge in [0.15, 0.2) is 0 Å². The average Bonchev–Trinajstić information content (AvgIpc) is 2.53. The van der Waals surface area contributed by atoms with Gasteiger partial charge in [0.05, 0.1) is 5.92 Å². The molecular weight excluding hydrogens is 308 g/mol. The van der Waals surface area contributed by atoms with E-state index in [9.17, 15) is 19.5 Å². The number of carbonyl (C=O) groups is 3. The van der Waals surface area contributed by atoms with E-state index in [-0.39, 0.29) is 17.7 Å². The van der Waals surface area contributed by atoms with Crippen LogP contribution in [0.5, 0.6) is 0 Å². The van der Waals surface area contributed by atoms with Gasteiger partial charge in [0.2, 0.25) is 11.8 Å². The predicted octanol–water partition coefficient (Wildman–Crippen LogP) is 2.37. The molecule has 6 heteroatoms. The maximum atomic E-state index is 12.3. The molecule has 1 rings (SSSR count). The van der Waals surface area contributed by atoms with E-state index in [1.54, 1.807) is 4.90 Å². The van der Waals surface area contributed by atoms with E-state index in [0.29, 0.717) is 38.8 Å². The Labute approximate surface area is 145 Å². The van der Waals surface area contributed by atoms with Crippen molar-refractivity contribution in [2.75, 3.05) is 26.2 Å². The first kappa shape index (κ1) is 20.5. The maximum absolute atomic E-state index is 12.3. The fourth-order valence-corrected chi connectivity index (χ4v) is 3.34. The lowest BCUT2D eigenvalue weighted by Gasteiger charge is -2.34. The molecule has 0 aromatic carbocycles. The third-order valence-corrected chi connectivity index (χ3v) is 4.48. The highest BCUT2D eigenvalue weighted by molar-refractivity contribution is 5.80. The van der Waals surface area contributed by atoms with Crippen LogP contribution in [0, 0.1) is 11.8 Å². The van der Waals surface area contributed by atoms with E-state index in [2.05, 4.69) is 13.8 Å². The summed E-state index contributed by atoms with van der Waals surface area (Å²) in [6.07, 6.45) is 3.74. The Morgan fingerprint density at radius 1 is 1.08 bits per heavy atom. The van der Waals surface area contributed by atoms with Crippen LogP contribution in [0.3, 0.4) is 0 Å². The van der Waals surface area contributed by atoms with Crippen LogP contribution in [0.1, 0.15) is 59.3 Å². The zero-order valence-electron chi connectivity index (χ0n) is 15.3. The van der Waals surface area contributed by atoms with Gasteiger partial charge in [0.25, 0.3) is 0 Å². The third-order valence-electron chi connectivity index (χ3n) is 4.48. The maximum Gasteiger partial charge on any atom is 0.308 e. The molecule has 2 amide bonds. The van der Waals surface area contributed by atoms with Gasteiger partial charge in [-0.25, -0.2) is 0 Å². The van der Waals surface area contributed by atoms with Crippen LogP contribution in [-0.2, 0) is 14.4 Å². The number of hydrogen-bond acceptors (Lipinski definition) is 3. The van der Waals surface area contributed by atoms with Crippen LogP contribution >= 0.6 is 0 Å². The first-order valence-corrected chi connectivity index (χ1v) is 9.17. The van der Waals surface area contributed by atoms with E-state index in [1.807, 2.05) is 11.8 Å². The first-order chi connectivity index (χ1) is 11.4. The highest BCUT2D eigenvalue weighted by atomic mass is 16.4. The zero-order valence-corrected chi connectivity index (χ0v) is 15.3. The largest absolute Gasteiger partial charge is 0.481 e. The van der Waals surface area contributed by atoms with Crippen molar-refractivity contribution >= 4 is 17.8 Å². The molecule has 138 valence electrons. The van der Waals surface area contributed by atoms with Crippen molar-refractivity contribution in [1.29, 1.82) is 0 Å². The molecule has 1 saturated heterocycles. The topological polar surface area (TPSA) is 77.9 Å². The van der Waals surface area contributed by atoms with Crippen LogP contribution in [0.4, 0.5) is 0 Å². The molecule has 1 aliphatic rings. The summed E-state index contributed by atoms with van der Waals surface area (Å²) in [6, 6.07) is 0. The number of nitrogens with zero attached hydrogens (tertiary/aromatic N) is 2. The highest BCUT2D eigenvalue weighted by Gasteiger charge is 2.31. The molecule has 24 heavy (non-hydrogen) atoms. The fourth-order valence-electron chi connectivity index (χ4n) is 3.34. The summed E-state index contributed by atoms with van der Waals surface area (Å²) in [7, 11) is 0. The predicted molar refractivity (Wildman–Crippen MR) is 92.5 cm³/mol. The van der Waals surface area contributed by atoms with E-state index in [4.69, 9.17) is 0 Å². The zero-order chi connectivity index (χ0) is 18.1. The Morgan fingerprint density at radius 2 is 1.71 bits per heavy atom.